The van der Waals surface area contributed by atoms with Crippen LogP contribution in [0.5, 0.6) is 0 Å². The van der Waals surface area contributed by atoms with Crippen LogP contribution in [0.3, 0.4) is 0 Å². The Morgan fingerprint density at radius 3 is 2.92 bits per heavy atom. The molecule has 1 aromatic rings. The molecule has 1 aromatic carbocycles. The zero-order valence-corrected chi connectivity index (χ0v) is 7.92. The van der Waals surface area contributed by atoms with Gasteiger partial charge in [0.2, 0.25) is 0 Å². The second-order valence-corrected chi connectivity index (χ2v) is 3.78. The molecule has 1 heteroatoms. The van der Waals surface area contributed by atoms with Crippen LogP contribution in [-0.4, -0.2) is 6.29 Å². The molecular weight excluding hydrogens is 160 g/mol. The van der Waals surface area contributed by atoms with E-state index in [2.05, 4.69) is 25.1 Å². The molecule has 0 spiro atoms. The highest BCUT2D eigenvalue weighted by molar-refractivity contribution is 5.71. The molecule has 0 aromatic heterocycles. The van der Waals surface area contributed by atoms with Crippen LogP contribution < -0.4 is 0 Å². The molecule has 0 bridgehead atoms. The van der Waals surface area contributed by atoms with Crippen LogP contribution in [0.4, 0.5) is 0 Å². The number of carbonyl (C=O) groups excluding carboxylic acids is 1. The van der Waals surface area contributed by atoms with Gasteiger partial charge in [0, 0.05) is 0 Å². The lowest BCUT2D eigenvalue weighted by Gasteiger charge is -2.21. The highest BCUT2D eigenvalue weighted by atomic mass is 16.1. The summed E-state index contributed by atoms with van der Waals surface area (Å²) in [5.74, 6) is 0. The Bertz CT molecular complexity index is 330. The third-order valence-corrected chi connectivity index (χ3v) is 3.25. The molecule has 0 aliphatic heterocycles. The van der Waals surface area contributed by atoms with Crippen molar-refractivity contribution in [2.24, 2.45) is 0 Å². The van der Waals surface area contributed by atoms with Gasteiger partial charge in [0.15, 0.2) is 0 Å². The Hall–Kier alpha value is -1.11. The van der Waals surface area contributed by atoms with Gasteiger partial charge in [0.05, 0.1) is 5.41 Å². The van der Waals surface area contributed by atoms with Gasteiger partial charge in [-0.3, -0.25) is 0 Å². The number of hydrogen-bond acceptors (Lipinski definition) is 1. The van der Waals surface area contributed by atoms with Crippen molar-refractivity contribution < 1.29 is 4.79 Å². The molecule has 0 N–H and O–H groups in total. The lowest BCUT2D eigenvalue weighted by molar-refractivity contribution is -0.112. The van der Waals surface area contributed by atoms with E-state index < -0.39 is 0 Å². The maximum absolute atomic E-state index is 11.1. The Kier molecular flexibility index (Phi) is 1.95. The summed E-state index contributed by atoms with van der Waals surface area (Å²) in [5.41, 5.74) is 2.44. The molecule has 0 saturated heterocycles. The van der Waals surface area contributed by atoms with Gasteiger partial charge in [0.25, 0.3) is 0 Å². The lowest BCUT2D eigenvalue weighted by atomic mass is 9.81. The van der Waals surface area contributed by atoms with E-state index in [1.807, 2.05) is 6.07 Å². The van der Waals surface area contributed by atoms with E-state index in [1.165, 1.54) is 11.1 Å². The fraction of sp³-hybridized carbons (Fsp3) is 0.417. The predicted octanol–water partition coefficient (Wildman–Crippen LogP) is 2.48. The predicted molar refractivity (Wildman–Crippen MR) is 52.8 cm³/mol. The maximum atomic E-state index is 11.1. The van der Waals surface area contributed by atoms with Crippen LogP contribution in [0.25, 0.3) is 0 Å². The number of hydrogen-bond donors (Lipinski definition) is 0. The third kappa shape index (κ3) is 1.11. The topological polar surface area (TPSA) is 17.1 Å². The van der Waals surface area contributed by atoms with E-state index in [4.69, 9.17) is 0 Å². The molecule has 1 aliphatic rings. The molecule has 1 nitrogen and oxygen atoms in total. The van der Waals surface area contributed by atoms with Crippen molar-refractivity contribution in [2.75, 3.05) is 0 Å². The zero-order chi connectivity index (χ0) is 9.31. The Balaban J connectivity index is 2.53. The fourth-order valence-corrected chi connectivity index (χ4v) is 2.29. The summed E-state index contributed by atoms with van der Waals surface area (Å²) in [6, 6.07) is 8.31. The third-order valence-electron chi connectivity index (χ3n) is 3.25. The van der Waals surface area contributed by atoms with Crippen molar-refractivity contribution in [3.05, 3.63) is 35.4 Å². The number of carbonyl (C=O) groups is 1. The van der Waals surface area contributed by atoms with Gasteiger partial charge in [-0.2, -0.15) is 0 Å². The van der Waals surface area contributed by atoms with Gasteiger partial charge in [0.1, 0.15) is 6.29 Å². The number of fused-ring (bicyclic) bond motifs is 1. The van der Waals surface area contributed by atoms with Gasteiger partial charge in [-0.05, 0) is 30.4 Å². The molecular formula is C12H14O. The van der Waals surface area contributed by atoms with Gasteiger partial charge < -0.3 is 4.79 Å². The second-order valence-electron chi connectivity index (χ2n) is 3.78. The normalized spacial score (nSPS) is 25.6. The van der Waals surface area contributed by atoms with Crippen LogP contribution in [0.2, 0.25) is 0 Å². The Labute approximate surface area is 78.8 Å². The minimum absolute atomic E-state index is 0.170. The molecule has 1 unspecified atom stereocenters. The molecule has 2 rings (SSSR count). The molecule has 0 fully saturated rings. The molecule has 68 valence electrons. The van der Waals surface area contributed by atoms with E-state index >= 15 is 0 Å². The first-order valence-electron chi connectivity index (χ1n) is 4.87. The zero-order valence-electron chi connectivity index (χ0n) is 7.92. The summed E-state index contributed by atoms with van der Waals surface area (Å²) in [5, 5.41) is 0. The second kappa shape index (κ2) is 2.99. The standard InChI is InChI=1S/C12H14O/c1-2-12(9-13)8-7-10-5-3-4-6-11(10)12/h3-6,9H,2,7-8H2,1H3. The first-order chi connectivity index (χ1) is 6.32. The average Bonchev–Trinajstić information content (AvgIpc) is 2.58. The number of aldehydes is 1. The summed E-state index contributed by atoms with van der Waals surface area (Å²) in [6.45, 7) is 2.09. The minimum atomic E-state index is -0.170. The first kappa shape index (κ1) is 8.49. The van der Waals surface area contributed by atoms with E-state index in [9.17, 15) is 4.79 Å². The van der Waals surface area contributed by atoms with Crippen LogP contribution in [0.1, 0.15) is 30.9 Å². The molecule has 0 amide bonds. The SMILES string of the molecule is CCC1(C=O)CCc2ccccc21. The minimum Gasteiger partial charge on any atom is -0.302 e. The molecule has 0 saturated carbocycles. The van der Waals surface area contributed by atoms with E-state index in [1.54, 1.807) is 0 Å². The average molecular weight is 174 g/mol. The summed E-state index contributed by atoms with van der Waals surface area (Å²) < 4.78 is 0. The highest BCUT2D eigenvalue weighted by Gasteiger charge is 2.36. The largest absolute Gasteiger partial charge is 0.302 e. The summed E-state index contributed by atoms with van der Waals surface area (Å²) in [6.07, 6.45) is 4.11. The van der Waals surface area contributed by atoms with Crippen molar-refractivity contribution >= 4 is 6.29 Å². The molecule has 0 radical (unpaired) electrons. The summed E-state index contributed by atoms with van der Waals surface area (Å²) in [7, 11) is 0. The van der Waals surface area contributed by atoms with E-state index in [0.717, 1.165) is 25.5 Å². The number of benzene rings is 1. The van der Waals surface area contributed by atoms with E-state index in [-0.39, 0.29) is 5.41 Å². The van der Waals surface area contributed by atoms with Crippen LogP contribution in [-0.2, 0) is 16.6 Å². The van der Waals surface area contributed by atoms with Crippen LogP contribution in [0.15, 0.2) is 24.3 Å². The van der Waals surface area contributed by atoms with Crippen molar-refractivity contribution in [1.29, 1.82) is 0 Å². The quantitative estimate of drug-likeness (QED) is 0.629. The van der Waals surface area contributed by atoms with Gasteiger partial charge in [-0.1, -0.05) is 31.2 Å². The number of rotatable bonds is 2. The number of aryl methyl sites for hydroxylation is 1. The van der Waals surface area contributed by atoms with E-state index in [0.29, 0.717) is 0 Å². The molecule has 1 atom stereocenters. The maximum Gasteiger partial charge on any atom is 0.130 e. The molecule has 13 heavy (non-hydrogen) atoms. The van der Waals surface area contributed by atoms with Crippen LogP contribution in [0, 0.1) is 0 Å². The Morgan fingerprint density at radius 2 is 2.23 bits per heavy atom. The monoisotopic (exact) mass is 174 g/mol. The van der Waals surface area contributed by atoms with Crippen molar-refractivity contribution in [2.45, 2.75) is 31.6 Å². The van der Waals surface area contributed by atoms with Gasteiger partial charge in [-0.15, -0.1) is 0 Å². The highest BCUT2D eigenvalue weighted by Crippen LogP contribution is 2.39. The molecule has 1 aliphatic carbocycles. The van der Waals surface area contributed by atoms with Crippen LogP contribution >= 0.6 is 0 Å². The van der Waals surface area contributed by atoms with Crippen molar-refractivity contribution in [3.8, 4) is 0 Å². The first-order valence-corrected chi connectivity index (χ1v) is 4.87. The lowest BCUT2D eigenvalue weighted by Crippen LogP contribution is -2.23. The van der Waals surface area contributed by atoms with Crippen molar-refractivity contribution in [3.63, 3.8) is 0 Å². The Morgan fingerprint density at radius 1 is 1.46 bits per heavy atom. The van der Waals surface area contributed by atoms with Crippen molar-refractivity contribution in [1.82, 2.24) is 0 Å². The van der Waals surface area contributed by atoms with Gasteiger partial charge in [-0.25, -0.2) is 0 Å². The smallest absolute Gasteiger partial charge is 0.130 e. The summed E-state index contributed by atoms with van der Waals surface area (Å²) in [4.78, 5) is 11.1. The van der Waals surface area contributed by atoms with Gasteiger partial charge >= 0.3 is 0 Å². The summed E-state index contributed by atoms with van der Waals surface area (Å²) >= 11 is 0. The fourth-order valence-electron chi connectivity index (χ4n) is 2.29. The molecule has 0 heterocycles.